The van der Waals surface area contributed by atoms with Crippen molar-refractivity contribution in [1.82, 2.24) is 10.2 Å². The van der Waals surface area contributed by atoms with Gasteiger partial charge >= 0.3 is 0 Å². The van der Waals surface area contributed by atoms with Crippen molar-refractivity contribution >= 4 is 0 Å². The zero-order valence-electron chi connectivity index (χ0n) is 13.5. The Kier molecular flexibility index (Phi) is 5.62. The van der Waals surface area contributed by atoms with Crippen LogP contribution < -0.4 is 5.32 Å². The molecule has 0 bridgehead atoms. The van der Waals surface area contributed by atoms with Gasteiger partial charge in [-0.15, -0.1) is 0 Å². The maximum absolute atomic E-state index is 3.47. The van der Waals surface area contributed by atoms with Crippen molar-refractivity contribution in [3.8, 4) is 0 Å². The van der Waals surface area contributed by atoms with E-state index in [-0.39, 0.29) is 0 Å². The minimum atomic E-state index is 0.469. The van der Waals surface area contributed by atoms with Gasteiger partial charge in [0, 0.05) is 25.2 Å². The van der Waals surface area contributed by atoms with Gasteiger partial charge in [-0.25, -0.2) is 0 Å². The lowest BCUT2D eigenvalue weighted by molar-refractivity contribution is 0.202. The van der Waals surface area contributed by atoms with E-state index in [0.717, 1.165) is 5.92 Å². The van der Waals surface area contributed by atoms with Crippen LogP contribution in [-0.4, -0.2) is 31.1 Å². The van der Waals surface area contributed by atoms with E-state index < -0.39 is 0 Å². The van der Waals surface area contributed by atoms with Crippen LogP contribution in [0.4, 0.5) is 0 Å². The lowest BCUT2D eigenvalue weighted by Gasteiger charge is -2.28. The maximum Gasteiger partial charge on any atom is 0.0329 e. The minimum absolute atomic E-state index is 0.469. The van der Waals surface area contributed by atoms with Crippen LogP contribution in [-0.2, 0) is 0 Å². The predicted molar refractivity (Wildman–Crippen MR) is 87.0 cm³/mol. The summed E-state index contributed by atoms with van der Waals surface area (Å²) in [4.78, 5) is 2.65. The molecule has 112 valence electrons. The topological polar surface area (TPSA) is 15.3 Å². The van der Waals surface area contributed by atoms with Crippen LogP contribution in [0, 0.1) is 12.8 Å². The molecule has 1 fully saturated rings. The molecular weight excluding hydrogens is 244 g/mol. The summed E-state index contributed by atoms with van der Waals surface area (Å²) in [5.41, 5.74) is 2.74. The Morgan fingerprint density at radius 1 is 1.20 bits per heavy atom. The predicted octanol–water partition coefficient (Wildman–Crippen LogP) is 3.77. The van der Waals surface area contributed by atoms with E-state index in [4.69, 9.17) is 0 Å². The molecule has 0 spiro atoms. The minimum Gasteiger partial charge on any atom is -0.313 e. The highest BCUT2D eigenvalue weighted by Gasteiger charge is 2.25. The van der Waals surface area contributed by atoms with Crippen LogP contribution >= 0.6 is 0 Å². The van der Waals surface area contributed by atoms with Crippen molar-refractivity contribution in [2.75, 3.05) is 20.1 Å². The highest BCUT2D eigenvalue weighted by atomic mass is 15.2. The van der Waals surface area contributed by atoms with Crippen LogP contribution in [0.15, 0.2) is 24.3 Å². The van der Waals surface area contributed by atoms with Crippen molar-refractivity contribution in [3.63, 3.8) is 0 Å². The molecule has 0 amide bonds. The third-order valence-electron chi connectivity index (χ3n) is 4.45. The van der Waals surface area contributed by atoms with Crippen molar-refractivity contribution in [2.45, 2.75) is 52.1 Å². The van der Waals surface area contributed by atoms with Crippen molar-refractivity contribution in [2.24, 2.45) is 5.92 Å². The summed E-state index contributed by atoms with van der Waals surface area (Å²) >= 11 is 0. The smallest absolute Gasteiger partial charge is 0.0329 e. The van der Waals surface area contributed by atoms with E-state index in [2.05, 4.69) is 62.3 Å². The molecule has 1 aromatic carbocycles. The standard InChI is InChI=1S/C18H30N2/c1-14(2)20(13-16-7-8-16)12-11-18(19-4)17-9-5-15(3)6-10-17/h5-6,9-10,14,16,18-19H,7-8,11-13H2,1-4H3. The summed E-state index contributed by atoms with van der Waals surface area (Å²) < 4.78 is 0. The van der Waals surface area contributed by atoms with Gasteiger partial charge < -0.3 is 10.2 Å². The second kappa shape index (κ2) is 7.24. The molecule has 1 aliphatic carbocycles. The van der Waals surface area contributed by atoms with Gasteiger partial charge in [-0.1, -0.05) is 29.8 Å². The zero-order valence-corrected chi connectivity index (χ0v) is 13.5. The Bertz CT molecular complexity index is 392. The van der Waals surface area contributed by atoms with E-state index in [9.17, 15) is 0 Å². The first kappa shape index (κ1) is 15.5. The van der Waals surface area contributed by atoms with Crippen LogP contribution in [0.25, 0.3) is 0 Å². The maximum atomic E-state index is 3.47. The summed E-state index contributed by atoms with van der Waals surface area (Å²) in [6.45, 7) is 9.27. The molecule has 1 saturated carbocycles. The van der Waals surface area contributed by atoms with E-state index in [1.165, 1.54) is 43.5 Å². The molecule has 0 heterocycles. The molecule has 0 aliphatic heterocycles. The summed E-state index contributed by atoms with van der Waals surface area (Å²) in [5, 5.41) is 3.47. The fourth-order valence-corrected chi connectivity index (χ4v) is 2.76. The largest absolute Gasteiger partial charge is 0.313 e. The van der Waals surface area contributed by atoms with E-state index >= 15 is 0 Å². The molecule has 1 aromatic rings. The summed E-state index contributed by atoms with van der Waals surface area (Å²) in [7, 11) is 2.07. The van der Waals surface area contributed by atoms with Gasteiger partial charge in [0.05, 0.1) is 0 Å². The Hall–Kier alpha value is -0.860. The van der Waals surface area contributed by atoms with Gasteiger partial charge in [-0.3, -0.25) is 0 Å². The average Bonchev–Trinajstić information content (AvgIpc) is 3.23. The van der Waals surface area contributed by atoms with Gasteiger partial charge in [-0.2, -0.15) is 0 Å². The highest BCUT2D eigenvalue weighted by Crippen LogP contribution is 2.30. The average molecular weight is 274 g/mol. The molecule has 0 saturated heterocycles. The molecule has 20 heavy (non-hydrogen) atoms. The first-order valence-corrected chi connectivity index (χ1v) is 8.08. The molecule has 2 rings (SSSR count). The first-order chi connectivity index (χ1) is 9.60. The van der Waals surface area contributed by atoms with E-state index in [0.29, 0.717) is 12.1 Å². The van der Waals surface area contributed by atoms with Gasteiger partial charge in [-0.05, 0) is 58.6 Å². The second-order valence-corrected chi connectivity index (χ2v) is 6.57. The van der Waals surface area contributed by atoms with Gasteiger partial charge in [0.1, 0.15) is 0 Å². The van der Waals surface area contributed by atoms with Crippen molar-refractivity contribution < 1.29 is 0 Å². The molecule has 1 N–H and O–H groups in total. The Morgan fingerprint density at radius 2 is 1.85 bits per heavy atom. The SMILES string of the molecule is CNC(CCN(CC1CC1)C(C)C)c1ccc(C)cc1. The summed E-state index contributed by atoms with van der Waals surface area (Å²) in [6.07, 6.45) is 4.07. The Labute approximate surface area is 124 Å². The summed E-state index contributed by atoms with van der Waals surface area (Å²) in [5.74, 6) is 0.977. The lowest BCUT2D eigenvalue weighted by Crippen LogP contribution is -2.35. The second-order valence-electron chi connectivity index (χ2n) is 6.57. The number of aryl methyl sites for hydroxylation is 1. The van der Waals surface area contributed by atoms with E-state index in [1.54, 1.807) is 0 Å². The van der Waals surface area contributed by atoms with Gasteiger partial charge in [0.25, 0.3) is 0 Å². The number of hydrogen-bond acceptors (Lipinski definition) is 2. The monoisotopic (exact) mass is 274 g/mol. The molecule has 1 atom stereocenters. The Balaban J connectivity index is 1.89. The quantitative estimate of drug-likeness (QED) is 0.776. The number of rotatable bonds is 8. The molecule has 0 aromatic heterocycles. The molecule has 0 radical (unpaired) electrons. The van der Waals surface area contributed by atoms with E-state index in [1.807, 2.05) is 0 Å². The van der Waals surface area contributed by atoms with Crippen LogP contribution in [0.5, 0.6) is 0 Å². The molecule has 2 heteroatoms. The van der Waals surface area contributed by atoms with Gasteiger partial charge in [0.2, 0.25) is 0 Å². The number of benzene rings is 1. The molecular formula is C18H30N2. The summed E-state index contributed by atoms with van der Waals surface area (Å²) in [6, 6.07) is 10.1. The van der Waals surface area contributed by atoms with Gasteiger partial charge in [0.15, 0.2) is 0 Å². The van der Waals surface area contributed by atoms with Crippen molar-refractivity contribution in [1.29, 1.82) is 0 Å². The third kappa shape index (κ3) is 4.60. The van der Waals surface area contributed by atoms with Crippen LogP contribution in [0.3, 0.4) is 0 Å². The van der Waals surface area contributed by atoms with Crippen LogP contribution in [0.2, 0.25) is 0 Å². The molecule has 1 unspecified atom stereocenters. The number of nitrogens with zero attached hydrogens (tertiary/aromatic N) is 1. The first-order valence-electron chi connectivity index (χ1n) is 8.08. The normalized spacial score (nSPS) is 16.9. The van der Waals surface area contributed by atoms with Crippen molar-refractivity contribution in [3.05, 3.63) is 35.4 Å². The number of hydrogen-bond donors (Lipinski definition) is 1. The Morgan fingerprint density at radius 3 is 2.35 bits per heavy atom. The lowest BCUT2D eigenvalue weighted by atomic mass is 10.0. The fourth-order valence-electron chi connectivity index (χ4n) is 2.76. The molecule has 2 nitrogen and oxygen atoms in total. The number of nitrogens with one attached hydrogen (secondary N) is 1. The third-order valence-corrected chi connectivity index (χ3v) is 4.45. The fraction of sp³-hybridized carbons (Fsp3) is 0.667. The van der Waals surface area contributed by atoms with Crippen LogP contribution in [0.1, 0.15) is 50.3 Å². The molecule has 1 aliphatic rings. The highest BCUT2D eigenvalue weighted by molar-refractivity contribution is 5.24. The zero-order chi connectivity index (χ0) is 14.5.